The Morgan fingerprint density at radius 2 is 1.54 bits per heavy atom. The third-order valence-corrected chi connectivity index (χ3v) is 5.23. The highest BCUT2D eigenvalue weighted by Gasteiger charge is 2.39. The summed E-state index contributed by atoms with van der Waals surface area (Å²) in [5, 5.41) is 0. The van der Waals surface area contributed by atoms with Crippen LogP contribution in [0.4, 0.5) is 11.4 Å². The predicted molar refractivity (Wildman–Crippen MR) is 96.0 cm³/mol. The number of rotatable bonds is 0. The minimum atomic E-state index is 0.200. The minimum absolute atomic E-state index is 0.200. The first-order valence-corrected chi connectivity index (χ1v) is 8.26. The van der Waals surface area contributed by atoms with Gasteiger partial charge in [-0.15, -0.1) is 0 Å². The molecule has 0 radical (unpaired) electrons. The van der Waals surface area contributed by atoms with Crippen LogP contribution in [0.25, 0.3) is 16.9 Å². The Labute approximate surface area is 139 Å². The summed E-state index contributed by atoms with van der Waals surface area (Å²) in [6.07, 6.45) is 4.22. The van der Waals surface area contributed by atoms with E-state index in [2.05, 4.69) is 93.6 Å². The van der Waals surface area contributed by atoms with E-state index in [9.17, 15) is 0 Å². The van der Waals surface area contributed by atoms with E-state index in [1.807, 2.05) is 0 Å². The summed E-state index contributed by atoms with van der Waals surface area (Å²) in [4.78, 5) is 5.94. The molecule has 2 aromatic carbocycles. The van der Waals surface area contributed by atoms with Gasteiger partial charge in [0.1, 0.15) is 6.04 Å². The van der Waals surface area contributed by atoms with Crippen LogP contribution in [0.15, 0.2) is 79.1 Å². The molecule has 1 atom stereocenters. The van der Waals surface area contributed by atoms with Gasteiger partial charge in [0.25, 0.3) is 0 Å². The SMILES string of the molecule is c1ccc2c(c1)-c1[nH]ccc1C1c3cccn3-c3ccccc3N21. The zero-order valence-electron chi connectivity index (χ0n) is 13.0. The number of anilines is 2. The van der Waals surface area contributed by atoms with E-state index in [0.29, 0.717) is 0 Å². The molecule has 114 valence electrons. The van der Waals surface area contributed by atoms with Crippen LogP contribution in [0, 0.1) is 0 Å². The van der Waals surface area contributed by atoms with E-state index in [1.54, 1.807) is 0 Å². The molecule has 0 saturated heterocycles. The second kappa shape index (κ2) is 4.20. The van der Waals surface area contributed by atoms with Gasteiger partial charge < -0.3 is 14.5 Å². The summed E-state index contributed by atoms with van der Waals surface area (Å²) in [5.41, 5.74) is 8.90. The maximum Gasteiger partial charge on any atom is 0.102 e. The third kappa shape index (κ3) is 1.33. The van der Waals surface area contributed by atoms with Gasteiger partial charge in [-0.3, -0.25) is 0 Å². The van der Waals surface area contributed by atoms with Crippen molar-refractivity contribution in [1.29, 1.82) is 0 Å². The number of nitrogens with one attached hydrogen (secondary N) is 1. The summed E-state index contributed by atoms with van der Waals surface area (Å²) in [6, 6.07) is 24.1. The predicted octanol–water partition coefficient (Wildman–Crippen LogP) is 5.03. The zero-order valence-corrected chi connectivity index (χ0v) is 13.0. The maximum atomic E-state index is 3.46. The molecule has 3 heteroatoms. The van der Waals surface area contributed by atoms with Crippen molar-refractivity contribution < 1.29 is 0 Å². The Balaban J connectivity index is 1.77. The molecule has 1 N–H and O–H groups in total. The van der Waals surface area contributed by atoms with Crippen molar-refractivity contribution in [2.45, 2.75) is 6.04 Å². The maximum absolute atomic E-state index is 3.46. The van der Waals surface area contributed by atoms with Crippen LogP contribution < -0.4 is 4.90 Å². The molecule has 2 aliphatic heterocycles. The van der Waals surface area contributed by atoms with E-state index in [-0.39, 0.29) is 6.04 Å². The van der Waals surface area contributed by atoms with Gasteiger partial charge in [-0.05, 0) is 36.4 Å². The van der Waals surface area contributed by atoms with Crippen molar-refractivity contribution in [1.82, 2.24) is 9.55 Å². The number of para-hydroxylation sites is 3. The highest BCUT2D eigenvalue weighted by molar-refractivity contribution is 5.90. The van der Waals surface area contributed by atoms with Gasteiger partial charge in [0.15, 0.2) is 0 Å². The normalized spacial score (nSPS) is 16.7. The molecule has 2 aliphatic rings. The Bertz CT molecular complexity index is 1000. The molecule has 6 rings (SSSR count). The van der Waals surface area contributed by atoms with Gasteiger partial charge in [-0.1, -0.05) is 30.3 Å². The standard InChI is InChI=1S/C21H15N3/c1-2-7-16-14(6-1)20-15(11-12-22-20)21-19-10-5-13-23(19)17-8-3-4-9-18(17)24(16)21/h1-13,21-22H. The summed E-state index contributed by atoms with van der Waals surface area (Å²) in [7, 11) is 0. The lowest BCUT2D eigenvalue weighted by molar-refractivity contribution is 0.725. The molecule has 2 aromatic heterocycles. The molecule has 0 fully saturated rings. The van der Waals surface area contributed by atoms with Crippen LogP contribution in [0.3, 0.4) is 0 Å². The minimum Gasteiger partial charge on any atom is -0.361 e. The first kappa shape index (κ1) is 12.3. The third-order valence-electron chi connectivity index (χ3n) is 5.23. The number of benzene rings is 2. The number of aromatic nitrogens is 2. The molecule has 0 spiro atoms. The van der Waals surface area contributed by atoms with E-state index in [0.717, 1.165) is 0 Å². The quantitative estimate of drug-likeness (QED) is 0.484. The molecule has 4 heterocycles. The fourth-order valence-corrected chi connectivity index (χ4v) is 4.28. The van der Waals surface area contributed by atoms with Crippen molar-refractivity contribution in [2.75, 3.05) is 4.90 Å². The lowest BCUT2D eigenvalue weighted by Gasteiger charge is -2.43. The van der Waals surface area contributed by atoms with E-state index < -0.39 is 0 Å². The lowest BCUT2D eigenvalue weighted by Crippen LogP contribution is -2.33. The van der Waals surface area contributed by atoms with Gasteiger partial charge >= 0.3 is 0 Å². The second-order valence-corrected chi connectivity index (χ2v) is 6.39. The zero-order chi connectivity index (χ0) is 15.7. The molecule has 24 heavy (non-hydrogen) atoms. The van der Waals surface area contributed by atoms with E-state index >= 15 is 0 Å². The molecule has 0 saturated carbocycles. The topological polar surface area (TPSA) is 24.0 Å². The van der Waals surface area contributed by atoms with Crippen LogP contribution in [-0.4, -0.2) is 9.55 Å². The summed E-state index contributed by atoms with van der Waals surface area (Å²) in [5.74, 6) is 0. The van der Waals surface area contributed by atoms with Crippen LogP contribution in [0.2, 0.25) is 0 Å². The van der Waals surface area contributed by atoms with Crippen molar-refractivity contribution in [3.8, 4) is 16.9 Å². The lowest BCUT2D eigenvalue weighted by atomic mass is 9.89. The van der Waals surface area contributed by atoms with Gasteiger partial charge in [-0.25, -0.2) is 0 Å². The van der Waals surface area contributed by atoms with Gasteiger partial charge in [0.2, 0.25) is 0 Å². The number of hydrogen-bond acceptors (Lipinski definition) is 1. The summed E-state index contributed by atoms with van der Waals surface area (Å²) >= 11 is 0. The smallest absolute Gasteiger partial charge is 0.102 e. The van der Waals surface area contributed by atoms with Crippen LogP contribution >= 0.6 is 0 Å². The molecular weight excluding hydrogens is 294 g/mol. The number of H-pyrrole nitrogens is 1. The fraction of sp³-hybridized carbons (Fsp3) is 0.0476. The van der Waals surface area contributed by atoms with Gasteiger partial charge in [-0.2, -0.15) is 0 Å². The van der Waals surface area contributed by atoms with E-state index in [4.69, 9.17) is 0 Å². The number of nitrogens with zero attached hydrogens (tertiary/aromatic N) is 2. The molecular formula is C21H15N3. The fourth-order valence-electron chi connectivity index (χ4n) is 4.28. The second-order valence-electron chi connectivity index (χ2n) is 6.39. The molecule has 1 unspecified atom stereocenters. The number of aromatic amines is 1. The Morgan fingerprint density at radius 3 is 2.46 bits per heavy atom. The summed E-state index contributed by atoms with van der Waals surface area (Å²) in [6.45, 7) is 0. The molecule has 0 amide bonds. The molecule has 4 aromatic rings. The first-order valence-electron chi connectivity index (χ1n) is 8.26. The van der Waals surface area contributed by atoms with Crippen molar-refractivity contribution in [2.24, 2.45) is 0 Å². The highest BCUT2D eigenvalue weighted by Crippen LogP contribution is 2.53. The average Bonchev–Trinajstić information content (AvgIpc) is 3.31. The Kier molecular flexibility index (Phi) is 2.15. The molecule has 0 bridgehead atoms. The van der Waals surface area contributed by atoms with Crippen molar-refractivity contribution >= 4 is 11.4 Å². The van der Waals surface area contributed by atoms with Crippen molar-refractivity contribution in [3.63, 3.8) is 0 Å². The van der Waals surface area contributed by atoms with Gasteiger partial charge in [0, 0.05) is 23.5 Å². The van der Waals surface area contributed by atoms with Crippen molar-refractivity contribution in [3.05, 3.63) is 90.4 Å². The Morgan fingerprint density at radius 1 is 0.750 bits per heavy atom. The van der Waals surface area contributed by atoms with Crippen LogP contribution in [-0.2, 0) is 0 Å². The Hall–Kier alpha value is -3.20. The highest BCUT2D eigenvalue weighted by atomic mass is 15.3. The van der Waals surface area contributed by atoms with Gasteiger partial charge in [0.05, 0.1) is 28.5 Å². The van der Waals surface area contributed by atoms with E-state index in [1.165, 1.54) is 39.6 Å². The largest absolute Gasteiger partial charge is 0.361 e. The summed E-state index contributed by atoms with van der Waals surface area (Å²) < 4.78 is 2.32. The monoisotopic (exact) mass is 309 g/mol. The number of fused-ring (bicyclic) bond motifs is 11. The van der Waals surface area contributed by atoms with Crippen LogP contribution in [0.1, 0.15) is 17.3 Å². The average molecular weight is 309 g/mol. The molecule has 3 nitrogen and oxygen atoms in total. The number of hydrogen-bond donors (Lipinski definition) is 1. The van der Waals surface area contributed by atoms with Crippen LogP contribution in [0.5, 0.6) is 0 Å². The molecule has 0 aliphatic carbocycles. The first-order chi connectivity index (χ1) is 11.9.